The predicted molar refractivity (Wildman–Crippen MR) is 104 cm³/mol. The molecule has 0 bridgehead atoms. The third-order valence-corrected chi connectivity index (χ3v) is 4.97. The molecule has 5 nitrogen and oxygen atoms in total. The van der Waals surface area contributed by atoms with E-state index in [9.17, 15) is 14.0 Å². The van der Waals surface area contributed by atoms with Crippen LogP contribution in [-0.4, -0.2) is 32.5 Å². The highest BCUT2D eigenvalue weighted by Gasteiger charge is 2.38. The minimum absolute atomic E-state index is 0.0180. The van der Waals surface area contributed by atoms with Crippen molar-refractivity contribution in [2.75, 3.05) is 25.7 Å². The van der Waals surface area contributed by atoms with Crippen molar-refractivity contribution < 1.29 is 23.5 Å². The fourth-order valence-electron chi connectivity index (χ4n) is 3.47. The van der Waals surface area contributed by atoms with Gasteiger partial charge in [-0.2, -0.15) is 0 Å². The number of benzene rings is 2. The number of carbonyl (C=O) groups is 2. The highest BCUT2D eigenvalue weighted by atomic mass is 19.1. The lowest BCUT2D eigenvalue weighted by Gasteiger charge is -2.23. The number of carbonyl (C=O) groups excluding carboxylic acids is 2. The van der Waals surface area contributed by atoms with Crippen LogP contribution in [0.1, 0.15) is 29.8 Å². The van der Waals surface area contributed by atoms with E-state index in [1.165, 1.54) is 25.3 Å². The second-order valence-electron chi connectivity index (χ2n) is 7.12. The Morgan fingerprint density at radius 2 is 1.89 bits per heavy atom. The summed E-state index contributed by atoms with van der Waals surface area (Å²) in [6.45, 7) is 3.66. The van der Waals surface area contributed by atoms with E-state index in [0.29, 0.717) is 0 Å². The number of allylic oxidation sites excluding steroid dienone is 1. The Labute approximate surface area is 163 Å². The molecule has 0 spiro atoms. The SMILES string of the molecule is COc1ccc(C(=O)OCC(=O)/C=C2/N(C)c3ccccc3C2(C)C)cc1F. The van der Waals surface area contributed by atoms with Crippen molar-refractivity contribution in [2.45, 2.75) is 19.3 Å². The minimum Gasteiger partial charge on any atom is -0.494 e. The number of rotatable bonds is 5. The number of para-hydroxylation sites is 1. The van der Waals surface area contributed by atoms with Gasteiger partial charge in [0.15, 0.2) is 24.0 Å². The van der Waals surface area contributed by atoms with Crippen LogP contribution in [0.15, 0.2) is 54.2 Å². The predicted octanol–water partition coefficient (Wildman–Crippen LogP) is 3.87. The van der Waals surface area contributed by atoms with E-state index in [4.69, 9.17) is 9.47 Å². The Balaban J connectivity index is 1.71. The maximum atomic E-state index is 13.7. The number of ether oxygens (including phenoxy) is 2. The standard InChI is InChI=1S/C22H22FNO4/c1-22(2)16-7-5-6-8-18(16)24(3)20(22)12-15(25)13-28-21(26)14-9-10-19(27-4)17(23)11-14/h5-12H,13H2,1-4H3/b20-12+. The molecule has 0 radical (unpaired) electrons. The first-order chi connectivity index (χ1) is 13.3. The first-order valence-corrected chi connectivity index (χ1v) is 8.84. The zero-order valence-electron chi connectivity index (χ0n) is 16.3. The summed E-state index contributed by atoms with van der Waals surface area (Å²) in [5.41, 5.74) is 2.67. The fourth-order valence-corrected chi connectivity index (χ4v) is 3.47. The van der Waals surface area contributed by atoms with E-state index < -0.39 is 18.4 Å². The maximum absolute atomic E-state index is 13.7. The molecule has 1 aliphatic heterocycles. The normalized spacial score (nSPS) is 16.0. The molecule has 0 amide bonds. The molecule has 28 heavy (non-hydrogen) atoms. The van der Waals surface area contributed by atoms with Crippen LogP contribution in [0.4, 0.5) is 10.1 Å². The largest absolute Gasteiger partial charge is 0.494 e. The van der Waals surface area contributed by atoms with E-state index in [0.717, 1.165) is 23.0 Å². The fraction of sp³-hybridized carbons (Fsp3) is 0.273. The maximum Gasteiger partial charge on any atom is 0.338 e. The number of fused-ring (bicyclic) bond motifs is 1. The van der Waals surface area contributed by atoms with Crippen LogP contribution in [0.25, 0.3) is 0 Å². The second kappa shape index (κ2) is 7.46. The Bertz CT molecular complexity index is 965. The van der Waals surface area contributed by atoms with Gasteiger partial charge in [0.2, 0.25) is 0 Å². The lowest BCUT2D eigenvalue weighted by atomic mass is 9.83. The number of hydrogen-bond acceptors (Lipinski definition) is 5. The number of esters is 1. The molecule has 0 saturated carbocycles. The molecule has 0 saturated heterocycles. The second-order valence-corrected chi connectivity index (χ2v) is 7.12. The molecular formula is C22H22FNO4. The van der Waals surface area contributed by atoms with E-state index in [1.54, 1.807) is 0 Å². The van der Waals surface area contributed by atoms with Crippen LogP contribution in [0.3, 0.4) is 0 Å². The van der Waals surface area contributed by atoms with Gasteiger partial charge in [-0.25, -0.2) is 9.18 Å². The molecule has 2 aromatic carbocycles. The summed E-state index contributed by atoms with van der Waals surface area (Å²) in [5, 5.41) is 0. The molecule has 0 N–H and O–H groups in total. The molecule has 3 rings (SSSR count). The molecule has 1 aliphatic rings. The molecule has 0 unspecified atom stereocenters. The molecule has 0 aliphatic carbocycles. The molecule has 6 heteroatoms. The van der Waals surface area contributed by atoms with Crippen LogP contribution in [0, 0.1) is 5.82 Å². The molecule has 0 fully saturated rings. The van der Waals surface area contributed by atoms with E-state index >= 15 is 0 Å². The quantitative estimate of drug-likeness (QED) is 0.580. The van der Waals surface area contributed by atoms with Crippen LogP contribution in [0.5, 0.6) is 5.75 Å². The zero-order valence-corrected chi connectivity index (χ0v) is 16.3. The first kappa shape index (κ1) is 19.6. The van der Waals surface area contributed by atoms with Crippen molar-refractivity contribution in [1.29, 1.82) is 0 Å². The Morgan fingerprint density at radius 1 is 1.18 bits per heavy atom. The van der Waals surface area contributed by atoms with Gasteiger partial charge in [-0.1, -0.05) is 32.0 Å². The van der Waals surface area contributed by atoms with Crippen LogP contribution >= 0.6 is 0 Å². The van der Waals surface area contributed by atoms with Crippen molar-refractivity contribution in [3.8, 4) is 5.75 Å². The van der Waals surface area contributed by atoms with Crippen molar-refractivity contribution in [3.05, 3.63) is 71.2 Å². The molecule has 1 heterocycles. The summed E-state index contributed by atoms with van der Waals surface area (Å²) in [4.78, 5) is 26.5. The number of nitrogens with zero attached hydrogens (tertiary/aromatic N) is 1. The summed E-state index contributed by atoms with van der Waals surface area (Å²) >= 11 is 0. The van der Waals surface area contributed by atoms with Crippen molar-refractivity contribution in [3.63, 3.8) is 0 Å². The monoisotopic (exact) mass is 383 g/mol. The average molecular weight is 383 g/mol. The van der Waals surface area contributed by atoms with Gasteiger partial charge in [-0.15, -0.1) is 0 Å². The summed E-state index contributed by atoms with van der Waals surface area (Å²) in [5.74, 6) is -1.75. The van der Waals surface area contributed by atoms with Crippen LogP contribution in [-0.2, 0) is 14.9 Å². The number of hydrogen-bond donors (Lipinski definition) is 0. The first-order valence-electron chi connectivity index (χ1n) is 8.84. The highest BCUT2D eigenvalue weighted by Crippen LogP contribution is 2.46. The van der Waals surface area contributed by atoms with Gasteiger partial charge >= 0.3 is 5.97 Å². The highest BCUT2D eigenvalue weighted by molar-refractivity contribution is 5.96. The van der Waals surface area contributed by atoms with E-state index in [-0.39, 0.29) is 22.5 Å². The molecule has 0 aromatic heterocycles. The topological polar surface area (TPSA) is 55.8 Å². The van der Waals surface area contributed by atoms with Gasteiger partial charge < -0.3 is 14.4 Å². The van der Waals surface area contributed by atoms with Gasteiger partial charge in [0, 0.05) is 29.9 Å². The van der Waals surface area contributed by atoms with Crippen molar-refractivity contribution >= 4 is 17.4 Å². The Hall–Kier alpha value is -3.15. The molecule has 2 aromatic rings. The Morgan fingerprint density at radius 3 is 2.54 bits per heavy atom. The number of halogens is 1. The lowest BCUT2D eigenvalue weighted by molar-refractivity contribution is -0.117. The summed E-state index contributed by atoms with van der Waals surface area (Å²) < 4.78 is 23.6. The minimum atomic E-state index is -0.768. The number of anilines is 1. The summed E-state index contributed by atoms with van der Waals surface area (Å²) in [7, 11) is 3.24. The van der Waals surface area contributed by atoms with Crippen LogP contribution < -0.4 is 9.64 Å². The van der Waals surface area contributed by atoms with E-state index in [2.05, 4.69) is 0 Å². The molecular weight excluding hydrogens is 361 g/mol. The number of ketones is 1. The molecule has 146 valence electrons. The number of methoxy groups -OCH3 is 1. The summed E-state index contributed by atoms with van der Waals surface area (Å²) in [6, 6.07) is 11.7. The molecule has 0 atom stereocenters. The lowest BCUT2D eigenvalue weighted by Crippen LogP contribution is -2.25. The van der Waals surface area contributed by atoms with Crippen molar-refractivity contribution in [2.24, 2.45) is 0 Å². The van der Waals surface area contributed by atoms with Gasteiger partial charge in [0.1, 0.15) is 0 Å². The average Bonchev–Trinajstić information content (AvgIpc) is 2.87. The van der Waals surface area contributed by atoms with Crippen molar-refractivity contribution in [1.82, 2.24) is 0 Å². The van der Waals surface area contributed by atoms with E-state index in [1.807, 2.05) is 50.1 Å². The number of likely N-dealkylation sites (N-methyl/N-ethyl adjacent to an activating group) is 1. The van der Waals surface area contributed by atoms with Gasteiger partial charge in [0.05, 0.1) is 12.7 Å². The van der Waals surface area contributed by atoms with Crippen LogP contribution in [0.2, 0.25) is 0 Å². The van der Waals surface area contributed by atoms with Gasteiger partial charge in [0.25, 0.3) is 0 Å². The third-order valence-electron chi connectivity index (χ3n) is 4.97. The summed E-state index contributed by atoms with van der Waals surface area (Å²) in [6.07, 6.45) is 1.50. The van der Waals surface area contributed by atoms with Gasteiger partial charge in [-0.3, -0.25) is 4.79 Å². The zero-order chi connectivity index (χ0) is 20.5. The van der Waals surface area contributed by atoms with Gasteiger partial charge in [-0.05, 0) is 29.8 Å². The smallest absolute Gasteiger partial charge is 0.338 e. The Kier molecular flexibility index (Phi) is 5.23. The third kappa shape index (κ3) is 3.50.